The van der Waals surface area contributed by atoms with E-state index in [0.717, 1.165) is 17.3 Å². The molecule has 154 valence electrons. The van der Waals surface area contributed by atoms with Gasteiger partial charge in [-0.15, -0.1) is 16.9 Å². The SMILES string of the molecule is N#Cc1ccc(CN(Cc2nnc(N)o2)C(=O)CSc2ccccc2C(F)F)cc1. The van der Waals surface area contributed by atoms with E-state index in [1.165, 1.54) is 17.0 Å². The molecule has 0 saturated carbocycles. The molecule has 7 nitrogen and oxygen atoms in total. The van der Waals surface area contributed by atoms with Gasteiger partial charge in [-0.25, -0.2) is 8.78 Å². The van der Waals surface area contributed by atoms with Crippen LogP contribution in [0.4, 0.5) is 14.8 Å². The normalized spacial score (nSPS) is 10.7. The van der Waals surface area contributed by atoms with E-state index in [0.29, 0.717) is 10.5 Å². The maximum Gasteiger partial charge on any atom is 0.312 e. The lowest BCUT2D eigenvalue weighted by molar-refractivity contribution is -0.129. The predicted molar refractivity (Wildman–Crippen MR) is 106 cm³/mol. The number of amides is 1. The number of rotatable bonds is 8. The van der Waals surface area contributed by atoms with E-state index in [9.17, 15) is 13.6 Å². The quantitative estimate of drug-likeness (QED) is 0.543. The maximum absolute atomic E-state index is 13.2. The van der Waals surface area contributed by atoms with Gasteiger partial charge in [-0.2, -0.15) is 5.26 Å². The third-order valence-corrected chi connectivity index (χ3v) is 5.20. The number of anilines is 1. The average Bonchev–Trinajstić information content (AvgIpc) is 3.16. The molecule has 3 aromatic rings. The molecule has 0 unspecified atom stereocenters. The van der Waals surface area contributed by atoms with Gasteiger partial charge in [0.1, 0.15) is 0 Å². The van der Waals surface area contributed by atoms with Gasteiger partial charge in [0.25, 0.3) is 6.43 Å². The average molecular weight is 429 g/mol. The number of thioether (sulfide) groups is 1. The lowest BCUT2D eigenvalue weighted by atomic mass is 10.1. The molecule has 0 spiro atoms. The fourth-order valence-corrected chi connectivity index (χ4v) is 3.61. The molecule has 0 aliphatic carbocycles. The molecule has 1 heterocycles. The molecule has 0 bridgehead atoms. The van der Waals surface area contributed by atoms with E-state index < -0.39 is 6.43 Å². The number of carbonyl (C=O) groups is 1. The number of carbonyl (C=O) groups excluding carboxylic acids is 1. The number of hydrogen-bond acceptors (Lipinski definition) is 7. The molecule has 0 aliphatic rings. The van der Waals surface area contributed by atoms with Crippen LogP contribution >= 0.6 is 11.8 Å². The van der Waals surface area contributed by atoms with Crippen LogP contribution in [-0.4, -0.2) is 26.8 Å². The Hall–Kier alpha value is -3.45. The topological polar surface area (TPSA) is 109 Å². The van der Waals surface area contributed by atoms with Gasteiger partial charge in [0.05, 0.1) is 23.9 Å². The van der Waals surface area contributed by atoms with Crippen molar-refractivity contribution in [2.24, 2.45) is 0 Å². The van der Waals surface area contributed by atoms with E-state index in [1.54, 1.807) is 36.4 Å². The molecule has 3 rings (SSSR count). The Labute approximate surface area is 175 Å². The molecule has 0 atom stereocenters. The highest BCUT2D eigenvalue weighted by Crippen LogP contribution is 2.30. The van der Waals surface area contributed by atoms with Crippen LogP contribution in [0.5, 0.6) is 0 Å². The zero-order valence-corrected chi connectivity index (χ0v) is 16.5. The van der Waals surface area contributed by atoms with E-state index in [1.807, 2.05) is 6.07 Å². The third-order valence-electron chi connectivity index (χ3n) is 4.12. The minimum absolute atomic E-state index is 0.0140. The van der Waals surface area contributed by atoms with Crippen molar-refractivity contribution in [1.29, 1.82) is 5.26 Å². The number of hydrogen-bond donors (Lipinski definition) is 1. The summed E-state index contributed by atoms with van der Waals surface area (Å²) in [4.78, 5) is 14.7. The largest absolute Gasteiger partial charge is 0.406 e. The van der Waals surface area contributed by atoms with Crippen LogP contribution in [0.3, 0.4) is 0 Å². The molecule has 0 aliphatic heterocycles. The van der Waals surface area contributed by atoms with Gasteiger partial charge in [-0.05, 0) is 23.8 Å². The van der Waals surface area contributed by atoms with Crippen LogP contribution in [0.15, 0.2) is 57.8 Å². The van der Waals surface area contributed by atoms with Crippen molar-refractivity contribution in [1.82, 2.24) is 15.1 Å². The van der Waals surface area contributed by atoms with Crippen molar-refractivity contribution in [3.8, 4) is 6.07 Å². The molecule has 0 fully saturated rings. The fourth-order valence-electron chi connectivity index (χ4n) is 2.65. The Balaban J connectivity index is 1.74. The Morgan fingerprint density at radius 3 is 2.53 bits per heavy atom. The minimum atomic E-state index is -2.63. The smallest absolute Gasteiger partial charge is 0.312 e. The number of nitrogen functional groups attached to an aromatic ring is 1. The number of nitriles is 1. The van der Waals surface area contributed by atoms with Crippen molar-refractivity contribution in [2.45, 2.75) is 24.4 Å². The molecule has 0 radical (unpaired) electrons. The fraction of sp³-hybridized carbons (Fsp3) is 0.200. The van der Waals surface area contributed by atoms with Crippen molar-refractivity contribution in [2.75, 3.05) is 11.5 Å². The van der Waals surface area contributed by atoms with Crippen LogP contribution < -0.4 is 5.73 Å². The van der Waals surface area contributed by atoms with Crippen LogP contribution in [0.25, 0.3) is 0 Å². The Morgan fingerprint density at radius 1 is 1.17 bits per heavy atom. The van der Waals surface area contributed by atoms with Crippen LogP contribution in [-0.2, 0) is 17.9 Å². The van der Waals surface area contributed by atoms with Crippen LogP contribution in [0.1, 0.15) is 29.0 Å². The molecule has 1 amide bonds. The summed E-state index contributed by atoms with van der Waals surface area (Å²) in [6.45, 7) is 0.226. The molecule has 0 saturated heterocycles. The van der Waals surface area contributed by atoms with Gasteiger partial charge in [-0.1, -0.05) is 35.4 Å². The molecule has 2 N–H and O–H groups in total. The molecule has 30 heavy (non-hydrogen) atoms. The number of benzene rings is 2. The summed E-state index contributed by atoms with van der Waals surface area (Å²) in [6.07, 6.45) is -2.63. The van der Waals surface area contributed by atoms with Gasteiger partial charge in [-0.3, -0.25) is 4.79 Å². The van der Waals surface area contributed by atoms with Gasteiger partial charge in [0.2, 0.25) is 11.8 Å². The molecular formula is C20H17F2N5O2S. The highest BCUT2D eigenvalue weighted by molar-refractivity contribution is 8.00. The highest BCUT2D eigenvalue weighted by atomic mass is 32.2. The summed E-state index contributed by atoms with van der Waals surface area (Å²) >= 11 is 1.04. The first kappa shape index (κ1) is 21.3. The summed E-state index contributed by atoms with van der Waals surface area (Å²) in [7, 11) is 0. The first-order valence-corrected chi connectivity index (χ1v) is 9.79. The van der Waals surface area contributed by atoms with Crippen molar-refractivity contribution >= 4 is 23.7 Å². The number of alkyl halides is 2. The van der Waals surface area contributed by atoms with Crippen LogP contribution in [0, 0.1) is 11.3 Å². The van der Waals surface area contributed by atoms with E-state index in [2.05, 4.69) is 10.2 Å². The van der Waals surface area contributed by atoms with Crippen LogP contribution in [0.2, 0.25) is 0 Å². The third kappa shape index (κ3) is 5.55. The lowest BCUT2D eigenvalue weighted by Gasteiger charge is -2.21. The molecule has 1 aromatic heterocycles. The number of nitrogens with zero attached hydrogens (tertiary/aromatic N) is 4. The monoisotopic (exact) mass is 429 g/mol. The first-order valence-electron chi connectivity index (χ1n) is 8.81. The molecular weight excluding hydrogens is 412 g/mol. The number of nitrogens with two attached hydrogens (primary N) is 1. The van der Waals surface area contributed by atoms with Crippen molar-refractivity contribution in [3.63, 3.8) is 0 Å². The predicted octanol–water partition coefficient (Wildman–Crippen LogP) is 3.78. The molecule has 2 aromatic carbocycles. The lowest BCUT2D eigenvalue weighted by Crippen LogP contribution is -2.31. The summed E-state index contributed by atoms with van der Waals surface area (Å²) in [5.74, 6) is -0.193. The Morgan fingerprint density at radius 2 is 1.90 bits per heavy atom. The zero-order chi connectivity index (χ0) is 21.5. The second kappa shape index (κ2) is 9.84. The van der Waals surface area contributed by atoms with Gasteiger partial charge < -0.3 is 15.1 Å². The van der Waals surface area contributed by atoms with Crippen molar-refractivity contribution in [3.05, 3.63) is 71.1 Å². The first-order chi connectivity index (χ1) is 14.5. The van der Waals surface area contributed by atoms with Gasteiger partial charge in [0.15, 0.2) is 0 Å². The second-order valence-corrected chi connectivity index (χ2v) is 7.24. The Kier molecular flexibility index (Phi) is 6.98. The highest BCUT2D eigenvalue weighted by Gasteiger charge is 2.20. The second-order valence-electron chi connectivity index (χ2n) is 6.22. The number of halogens is 2. The minimum Gasteiger partial charge on any atom is -0.406 e. The van der Waals surface area contributed by atoms with Gasteiger partial charge in [0, 0.05) is 17.0 Å². The summed E-state index contributed by atoms with van der Waals surface area (Å²) < 4.78 is 31.5. The zero-order valence-electron chi connectivity index (χ0n) is 15.7. The standard InChI is InChI=1S/C20H17F2N5O2S/c21-19(22)15-3-1-2-4-16(15)30-12-18(28)27(11-17-25-26-20(24)29-17)10-14-7-5-13(9-23)6-8-14/h1-8,19H,10-12H2,(H2,24,26). The maximum atomic E-state index is 13.2. The summed E-state index contributed by atoms with van der Waals surface area (Å²) in [5.41, 5.74) is 6.62. The Bertz CT molecular complexity index is 1050. The van der Waals surface area contributed by atoms with Gasteiger partial charge >= 0.3 is 6.01 Å². The van der Waals surface area contributed by atoms with E-state index >= 15 is 0 Å². The van der Waals surface area contributed by atoms with Crippen molar-refractivity contribution < 1.29 is 18.0 Å². The summed E-state index contributed by atoms with van der Waals surface area (Å²) in [5, 5.41) is 16.3. The van der Waals surface area contributed by atoms with E-state index in [4.69, 9.17) is 15.4 Å². The summed E-state index contributed by atoms with van der Waals surface area (Å²) in [6, 6.07) is 14.8. The van der Waals surface area contributed by atoms with E-state index in [-0.39, 0.29) is 42.2 Å². The number of aromatic nitrogens is 2. The molecule has 10 heteroatoms.